The third kappa shape index (κ3) is 7.48. The van der Waals surface area contributed by atoms with Crippen molar-refractivity contribution < 1.29 is 9.72 Å². The summed E-state index contributed by atoms with van der Waals surface area (Å²) in [4.78, 5) is 21.9. The van der Waals surface area contributed by atoms with Gasteiger partial charge < -0.3 is 16.0 Å². The molecule has 0 aliphatic carbocycles. The maximum atomic E-state index is 11.5. The van der Waals surface area contributed by atoms with E-state index in [1.165, 1.54) is 6.07 Å². The number of halogens is 1. The highest BCUT2D eigenvalue weighted by Gasteiger charge is 2.11. The first kappa shape index (κ1) is 19.1. The Kier molecular flexibility index (Phi) is 9.91. The maximum absolute atomic E-state index is 11.5. The topological polar surface area (TPSA) is 96.3 Å². The van der Waals surface area contributed by atoms with E-state index in [4.69, 9.17) is 0 Å². The van der Waals surface area contributed by atoms with Crippen LogP contribution in [0.4, 0.5) is 11.4 Å². The van der Waals surface area contributed by atoms with Crippen molar-refractivity contribution in [2.75, 3.05) is 31.5 Å². The molecule has 1 rings (SSSR count). The van der Waals surface area contributed by atoms with Gasteiger partial charge in [0.15, 0.2) is 0 Å². The Bertz CT molecular complexity index is 457. The second kappa shape index (κ2) is 10.9. The predicted octanol–water partition coefficient (Wildman–Crippen LogP) is 1.54. The molecule has 0 spiro atoms. The number of amides is 1. The van der Waals surface area contributed by atoms with E-state index in [0.717, 1.165) is 13.1 Å². The molecule has 1 aromatic rings. The maximum Gasteiger partial charge on any atom is 0.292 e. The zero-order valence-corrected chi connectivity index (χ0v) is 12.7. The van der Waals surface area contributed by atoms with Crippen molar-refractivity contribution in [1.29, 1.82) is 0 Å². The Morgan fingerprint density at radius 3 is 2.62 bits per heavy atom. The zero-order valence-electron chi connectivity index (χ0n) is 11.9. The average molecular weight is 317 g/mol. The van der Waals surface area contributed by atoms with Crippen molar-refractivity contribution in [3.63, 3.8) is 0 Å². The molecule has 8 heteroatoms. The molecule has 1 amide bonds. The molecule has 3 N–H and O–H groups in total. The molecule has 118 valence electrons. The highest BCUT2D eigenvalue weighted by atomic mass is 35.5. The molecule has 1 aromatic carbocycles. The first-order valence-electron chi connectivity index (χ1n) is 6.60. The van der Waals surface area contributed by atoms with E-state index in [1.807, 2.05) is 6.92 Å². The third-order valence-electron chi connectivity index (χ3n) is 2.64. The van der Waals surface area contributed by atoms with E-state index in [1.54, 1.807) is 18.2 Å². The number of nitrogens with zero attached hydrogens (tertiary/aromatic N) is 1. The largest absolute Gasteiger partial charge is 0.379 e. The van der Waals surface area contributed by atoms with Gasteiger partial charge >= 0.3 is 0 Å². The van der Waals surface area contributed by atoms with Gasteiger partial charge in [0.05, 0.1) is 4.92 Å². The van der Waals surface area contributed by atoms with Gasteiger partial charge in [-0.05, 0) is 12.6 Å². The Morgan fingerprint density at radius 1 is 1.24 bits per heavy atom. The summed E-state index contributed by atoms with van der Waals surface area (Å²) >= 11 is 0. The molecule has 7 nitrogen and oxygen atoms in total. The van der Waals surface area contributed by atoms with Gasteiger partial charge in [0.1, 0.15) is 5.69 Å². The molecule has 0 atom stereocenters. The number of carbonyl (C=O) groups is 1. The number of nitro groups is 1. The molecule has 0 radical (unpaired) electrons. The molecule has 0 saturated carbocycles. The lowest BCUT2D eigenvalue weighted by Gasteiger charge is -2.08. The molecule has 0 heterocycles. The number of nitrogens with one attached hydrogen (secondary N) is 3. The second-order valence-electron chi connectivity index (χ2n) is 4.15. The summed E-state index contributed by atoms with van der Waals surface area (Å²) in [5.74, 6) is -0.0750. The van der Waals surface area contributed by atoms with Gasteiger partial charge in [0, 0.05) is 32.1 Å². The summed E-state index contributed by atoms with van der Waals surface area (Å²) in [6, 6.07) is 6.38. The van der Waals surface area contributed by atoms with Crippen molar-refractivity contribution in [1.82, 2.24) is 10.6 Å². The van der Waals surface area contributed by atoms with Crippen LogP contribution in [0.1, 0.15) is 13.3 Å². The van der Waals surface area contributed by atoms with Crippen LogP contribution in [0.2, 0.25) is 0 Å². The minimum absolute atomic E-state index is 0. The summed E-state index contributed by atoms with van der Waals surface area (Å²) in [5.41, 5.74) is 0.443. The van der Waals surface area contributed by atoms with Crippen LogP contribution in [0.15, 0.2) is 24.3 Å². The highest BCUT2D eigenvalue weighted by Crippen LogP contribution is 2.22. The lowest BCUT2D eigenvalue weighted by atomic mass is 10.2. The van der Waals surface area contributed by atoms with Crippen molar-refractivity contribution >= 4 is 29.7 Å². The number of hydrogen-bond donors (Lipinski definition) is 3. The predicted molar refractivity (Wildman–Crippen MR) is 85.0 cm³/mol. The van der Waals surface area contributed by atoms with E-state index >= 15 is 0 Å². The lowest BCUT2D eigenvalue weighted by molar-refractivity contribution is -0.384. The number of anilines is 1. The number of carbonyl (C=O) groups excluding carboxylic acids is 1. The fourth-order valence-electron chi connectivity index (χ4n) is 1.65. The van der Waals surface area contributed by atoms with Crippen LogP contribution in [0.3, 0.4) is 0 Å². The van der Waals surface area contributed by atoms with Crippen LogP contribution >= 0.6 is 12.4 Å². The fraction of sp³-hybridized carbons (Fsp3) is 0.462. The Morgan fingerprint density at radius 2 is 1.95 bits per heavy atom. The molecule has 0 aromatic heterocycles. The van der Waals surface area contributed by atoms with Crippen molar-refractivity contribution in [3.8, 4) is 0 Å². The van der Waals surface area contributed by atoms with Crippen LogP contribution in [0.25, 0.3) is 0 Å². The van der Waals surface area contributed by atoms with Crippen molar-refractivity contribution in [3.05, 3.63) is 34.4 Å². The normalized spacial score (nSPS) is 9.57. The zero-order chi connectivity index (χ0) is 14.8. The molecule has 21 heavy (non-hydrogen) atoms. The monoisotopic (exact) mass is 316 g/mol. The van der Waals surface area contributed by atoms with Gasteiger partial charge in [-0.2, -0.15) is 0 Å². The summed E-state index contributed by atoms with van der Waals surface area (Å²) in [6.07, 6.45) is 0.276. The van der Waals surface area contributed by atoms with E-state index in [-0.39, 0.29) is 30.4 Å². The van der Waals surface area contributed by atoms with E-state index in [0.29, 0.717) is 18.8 Å². The molecule has 0 saturated heterocycles. The molecule has 0 fully saturated rings. The summed E-state index contributed by atoms with van der Waals surface area (Å²) in [7, 11) is 0. The molecular weight excluding hydrogens is 296 g/mol. The number of nitro benzene ring substituents is 1. The first-order chi connectivity index (χ1) is 9.65. The lowest BCUT2D eigenvalue weighted by Crippen LogP contribution is -2.32. The van der Waals surface area contributed by atoms with Crippen LogP contribution in [0, 0.1) is 10.1 Å². The number of benzene rings is 1. The number of para-hydroxylation sites is 2. The van der Waals surface area contributed by atoms with Crippen molar-refractivity contribution in [2.45, 2.75) is 13.3 Å². The highest BCUT2D eigenvalue weighted by molar-refractivity contribution is 5.85. The van der Waals surface area contributed by atoms with Crippen LogP contribution in [-0.2, 0) is 4.79 Å². The minimum atomic E-state index is -0.446. The fourth-order valence-corrected chi connectivity index (χ4v) is 1.65. The second-order valence-corrected chi connectivity index (χ2v) is 4.15. The SMILES string of the molecule is CCNCCNC(=O)CCNc1ccccc1[N+](=O)[O-].Cl. The molecule has 0 aliphatic heterocycles. The standard InChI is InChI=1S/C13H20N4O3.ClH/c1-2-14-9-10-16-13(18)7-8-15-11-5-3-4-6-12(11)17(19)20;/h3-6,14-15H,2,7-10H2,1H3,(H,16,18);1H. The average Bonchev–Trinajstić information content (AvgIpc) is 2.44. The van der Waals surface area contributed by atoms with E-state index in [9.17, 15) is 14.9 Å². The van der Waals surface area contributed by atoms with Gasteiger partial charge in [0.2, 0.25) is 5.91 Å². The first-order valence-corrected chi connectivity index (χ1v) is 6.60. The van der Waals surface area contributed by atoms with Gasteiger partial charge in [-0.25, -0.2) is 0 Å². The van der Waals surface area contributed by atoms with Crippen molar-refractivity contribution in [2.24, 2.45) is 0 Å². The smallest absolute Gasteiger partial charge is 0.292 e. The molecule has 0 unspecified atom stereocenters. The Labute approximate surface area is 130 Å². The third-order valence-corrected chi connectivity index (χ3v) is 2.64. The quantitative estimate of drug-likeness (QED) is 0.365. The summed E-state index contributed by atoms with van der Waals surface area (Å²) in [6.45, 7) is 4.55. The number of rotatable bonds is 9. The molecule has 0 bridgehead atoms. The Balaban J connectivity index is 0.00000400. The number of likely N-dealkylation sites (N-methyl/N-ethyl adjacent to an activating group) is 1. The van der Waals surface area contributed by atoms with E-state index in [2.05, 4.69) is 16.0 Å². The summed E-state index contributed by atoms with van der Waals surface area (Å²) in [5, 5.41) is 19.6. The van der Waals surface area contributed by atoms with Crippen LogP contribution in [-0.4, -0.2) is 37.0 Å². The van der Waals surface area contributed by atoms with Crippen LogP contribution < -0.4 is 16.0 Å². The van der Waals surface area contributed by atoms with E-state index < -0.39 is 4.92 Å². The molecule has 0 aliphatic rings. The molecular formula is C13H21ClN4O3. The van der Waals surface area contributed by atoms with Gasteiger partial charge in [0.25, 0.3) is 5.69 Å². The summed E-state index contributed by atoms with van der Waals surface area (Å²) < 4.78 is 0. The Hall–Kier alpha value is -1.86. The van der Waals surface area contributed by atoms with Gasteiger partial charge in [-0.1, -0.05) is 19.1 Å². The van der Waals surface area contributed by atoms with Crippen LogP contribution in [0.5, 0.6) is 0 Å². The minimum Gasteiger partial charge on any atom is -0.379 e. The van der Waals surface area contributed by atoms with Gasteiger partial charge in [-0.3, -0.25) is 14.9 Å². The number of hydrogen-bond acceptors (Lipinski definition) is 5. The van der Waals surface area contributed by atoms with Gasteiger partial charge in [-0.15, -0.1) is 12.4 Å².